The summed E-state index contributed by atoms with van der Waals surface area (Å²) in [5.41, 5.74) is 3.43. The lowest BCUT2D eigenvalue weighted by atomic mass is 9.84. The highest BCUT2D eigenvalue weighted by molar-refractivity contribution is 5.92. The summed E-state index contributed by atoms with van der Waals surface area (Å²) in [4.78, 5) is 17.0. The molecule has 176 valence electrons. The summed E-state index contributed by atoms with van der Waals surface area (Å²) in [6, 6.07) is 8.97. The fraction of sp³-hybridized carbons (Fsp3) is 0.480. The van der Waals surface area contributed by atoms with E-state index in [1.807, 2.05) is 42.7 Å². The molecule has 7 nitrogen and oxygen atoms in total. The van der Waals surface area contributed by atoms with Crippen molar-refractivity contribution in [3.8, 4) is 0 Å². The van der Waals surface area contributed by atoms with Gasteiger partial charge in [0.05, 0.1) is 5.69 Å². The van der Waals surface area contributed by atoms with Gasteiger partial charge in [0.1, 0.15) is 11.5 Å². The van der Waals surface area contributed by atoms with E-state index in [0.717, 1.165) is 30.6 Å². The third-order valence-electron chi connectivity index (χ3n) is 6.79. The third kappa shape index (κ3) is 5.33. The molecule has 0 radical (unpaired) electrons. The molecular weight excluding hydrogens is 419 g/mol. The van der Waals surface area contributed by atoms with Gasteiger partial charge in [0.25, 0.3) is 5.91 Å². The van der Waals surface area contributed by atoms with Gasteiger partial charge >= 0.3 is 0 Å². The van der Waals surface area contributed by atoms with Crippen molar-refractivity contribution in [2.75, 3.05) is 20.1 Å². The van der Waals surface area contributed by atoms with Gasteiger partial charge in [-0.15, -0.1) is 0 Å². The number of aromatic nitrogens is 4. The Kier molecular flexibility index (Phi) is 6.93. The summed E-state index contributed by atoms with van der Waals surface area (Å²) in [7, 11) is 5.86. The Morgan fingerprint density at radius 3 is 2.45 bits per heavy atom. The topological polar surface area (TPSA) is 59.2 Å². The number of benzene rings is 1. The molecule has 1 unspecified atom stereocenters. The molecule has 1 aromatic carbocycles. The fourth-order valence-electron chi connectivity index (χ4n) is 4.94. The lowest BCUT2D eigenvalue weighted by Gasteiger charge is -2.40. The lowest BCUT2D eigenvalue weighted by Crippen LogP contribution is -2.46. The second kappa shape index (κ2) is 9.87. The van der Waals surface area contributed by atoms with Crippen molar-refractivity contribution >= 4 is 5.91 Å². The van der Waals surface area contributed by atoms with Crippen LogP contribution in [0.3, 0.4) is 0 Å². The largest absolute Gasteiger partial charge is 0.337 e. The van der Waals surface area contributed by atoms with Crippen LogP contribution in [0.25, 0.3) is 0 Å². The minimum absolute atomic E-state index is 0.0148. The van der Waals surface area contributed by atoms with Gasteiger partial charge in [-0.1, -0.05) is 18.2 Å². The Labute approximate surface area is 194 Å². The van der Waals surface area contributed by atoms with Gasteiger partial charge in [0.15, 0.2) is 0 Å². The van der Waals surface area contributed by atoms with Crippen molar-refractivity contribution in [1.82, 2.24) is 29.4 Å². The molecule has 3 heterocycles. The zero-order chi connectivity index (χ0) is 23.5. The van der Waals surface area contributed by atoms with Gasteiger partial charge in [0, 0.05) is 57.7 Å². The molecule has 0 saturated carbocycles. The average Bonchev–Trinajstić information content (AvgIpc) is 3.37. The number of hydrogen-bond donors (Lipinski definition) is 0. The van der Waals surface area contributed by atoms with E-state index in [1.165, 1.54) is 11.6 Å². The number of amides is 1. The van der Waals surface area contributed by atoms with Gasteiger partial charge in [-0.3, -0.25) is 19.1 Å². The van der Waals surface area contributed by atoms with E-state index in [0.29, 0.717) is 31.1 Å². The molecule has 1 fully saturated rings. The number of hydrogen-bond acceptors (Lipinski definition) is 4. The quantitative estimate of drug-likeness (QED) is 0.553. The number of nitrogens with zero attached hydrogens (tertiary/aromatic N) is 6. The second-order valence-corrected chi connectivity index (χ2v) is 9.20. The summed E-state index contributed by atoms with van der Waals surface area (Å²) in [6.45, 7) is 4.16. The van der Waals surface area contributed by atoms with Crippen molar-refractivity contribution < 1.29 is 9.18 Å². The zero-order valence-electron chi connectivity index (χ0n) is 19.9. The SMILES string of the molecule is Cc1nn(C)cc1CN(C)C(Cc1ccccc1F)C1CCN(C(=O)c2ccn(C)n2)CC1. The number of carbonyl (C=O) groups excluding carboxylic acids is 1. The predicted molar refractivity (Wildman–Crippen MR) is 125 cm³/mol. The summed E-state index contributed by atoms with van der Waals surface area (Å²) < 4.78 is 18.0. The molecule has 0 aliphatic carbocycles. The molecule has 0 bridgehead atoms. The monoisotopic (exact) mass is 452 g/mol. The van der Waals surface area contributed by atoms with Crippen LogP contribution in [0.2, 0.25) is 0 Å². The first kappa shape index (κ1) is 23.2. The molecule has 0 spiro atoms. The van der Waals surface area contributed by atoms with E-state index in [4.69, 9.17) is 0 Å². The van der Waals surface area contributed by atoms with E-state index in [9.17, 15) is 9.18 Å². The van der Waals surface area contributed by atoms with E-state index < -0.39 is 0 Å². The van der Waals surface area contributed by atoms with Gasteiger partial charge in [-0.2, -0.15) is 10.2 Å². The van der Waals surface area contributed by atoms with Crippen molar-refractivity contribution in [3.63, 3.8) is 0 Å². The van der Waals surface area contributed by atoms with Gasteiger partial charge in [0.2, 0.25) is 0 Å². The van der Waals surface area contributed by atoms with Gasteiger partial charge < -0.3 is 4.90 Å². The number of halogens is 1. The van der Waals surface area contributed by atoms with Crippen molar-refractivity contribution in [3.05, 3.63) is 71.1 Å². The summed E-state index contributed by atoms with van der Waals surface area (Å²) in [6.07, 6.45) is 6.25. The average molecular weight is 453 g/mol. The number of rotatable bonds is 7. The van der Waals surface area contributed by atoms with Crippen LogP contribution in [0.15, 0.2) is 42.7 Å². The minimum atomic E-state index is -0.156. The maximum absolute atomic E-state index is 14.5. The molecule has 1 amide bonds. The number of carbonyl (C=O) groups is 1. The van der Waals surface area contributed by atoms with E-state index in [2.05, 4.69) is 28.3 Å². The highest BCUT2D eigenvalue weighted by atomic mass is 19.1. The molecule has 4 rings (SSSR count). The van der Waals surface area contributed by atoms with Crippen molar-refractivity contribution in [1.29, 1.82) is 0 Å². The molecule has 1 aliphatic heterocycles. The Hall–Kier alpha value is -3.00. The summed E-state index contributed by atoms with van der Waals surface area (Å²) >= 11 is 0. The van der Waals surface area contributed by atoms with Gasteiger partial charge in [-0.05, 0) is 56.8 Å². The lowest BCUT2D eigenvalue weighted by molar-refractivity contribution is 0.0596. The van der Waals surface area contributed by atoms with Crippen LogP contribution in [0.1, 0.15) is 40.2 Å². The number of likely N-dealkylation sites (N-methyl/N-ethyl adjacent to an activating group) is 1. The second-order valence-electron chi connectivity index (χ2n) is 9.20. The third-order valence-corrected chi connectivity index (χ3v) is 6.79. The Bertz CT molecular complexity index is 1100. The smallest absolute Gasteiger partial charge is 0.274 e. The van der Waals surface area contributed by atoms with Crippen LogP contribution in [-0.4, -0.2) is 61.4 Å². The first-order chi connectivity index (χ1) is 15.8. The molecule has 1 aliphatic rings. The van der Waals surface area contributed by atoms with Crippen LogP contribution in [-0.2, 0) is 27.1 Å². The van der Waals surface area contributed by atoms with Crippen LogP contribution < -0.4 is 0 Å². The summed E-state index contributed by atoms with van der Waals surface area (Å²) in [5.74, 6) is 0.189. The normalized spacial score (nSPS) is 15.9. The van der Waals surface area contributed by atoms with Crippen LogP contribution >= 0.6 is 0 Å². The highest BCUT2D eigenvalue weighted by Gasteiger charge is 2.32. The first-order valence-electron chi connectivity index (χ1n) is 11.5. The summed E-state index contributed by atoms with van der Waals surface area (Å²) in [5, 5.41) is 8.73. The number of piperidine rings is 1. The highest BCUT2D eigenvalue weighted by Crippen LogP contribution is 2.29. The van der Waals surface area contributed by atoms with E-state index in [1.54, 1.807) is 23.0 Å². The maximum atomic E-state index is 14.5. The molecule has 33 heavy (non-hydrogen) atoms. The van der Waals surface area contributed by atoms with Crippen molar-refractivity contribution in [2.24, 2.45) is 20.0 Å². The minimum Gasteiger partial charge on any atom is -0.337 e. The van der Waals surface area contributed by atoms with Crippen molar-refractivity contribution in [2.45, 2.75) is 38.8 Å². The molecule has 2 aromatic heterocycles. The van der Waals surface area contributed by atoms with Crippen LogP contribution in [0.5, 0.6) is 0 Å². The Morgan fingerprint density at radius 2 is 1.85 bits per heavy atom. The maximum Gasteiger partial charge on any atom is 0.274 e. The first-order valence-corrected chi connectivity index (χ1v) is 11.5. The van der Waals surface area contributed by atoms with Gasteiger partial charge in [-0.25, -0.2) is 4.39 Å². The fourth-order valence-corrected chi connectivity index (χ4v) is 4.94. The van der Waals surface area contributed by atoms with Crippen LogP contribution in [0.4, 0.5) is 4.39 Å². The predicted octanol–water partition coefficient (Wildman–Crippen LogP) is 3.20. The number of likely N-dealkylation sites (tertiary alicyclic amines) is 1. The molecule has 3 aromatic rings. The molecule has 0 N–H and O–H groups in total. The Balaban J connectivity index is 1.49. The van der Waals surface area contributed by atoms with Crippen LogP contribution in [0, 0.1) is 18.7 Å². The number of aryl methyl sites for hydroxylation is 3. The Morgan fingerprint density at radius 1 is 1.12 bits per heavy atom. The van der Waals surface area contributed by atoms with E-state index in [-0.39, 0.29) is 17.8 Å². The zero-order valence-corrected chi connectivity index (χ0v) is 19.9. The molecule has 8 heteroatoms. The molecular formula is C25H33FN6O. The molecule has 1 atom stereocenters. The molecule has 1 saturated heterocycles. The van der Waals surface area contributed by atoms with E-state index >= 15 is 0 Å². The standard InChI is InChI=1S/C25H33FN6O/c1-18-21(17-31(4)27-18)16-29(2)24(15-20-7-5-6-8-22(20)26)19-9-13-32(14-10-19)25(33)23-11-12-30(3)28-23/h5-8,11-12,17,19,24H,9-10,13-16H2,1-4H3.